The Morgan fingerprint density at radius 1 is 0.667 bits per heavy atom. The largest absolute Gasteiger partial charge is 0.382 e. The van der Waals surface area contributed by atoms with Crippen LogP contribution in [0.2, 0.25) is 0 Å². The molecule has 1 aromatic carbocycles. The number of nitrogens with one attached hydrogen (secondary N) is 2. The van der Waals surface area contributed by atoms with Gasteiger partial charge >= 0.3 is 0 Å². The summed E-state index contributed by atoms with van der Waals surface area (Å²) in [6.45, 7) is 7.44. The van der Waals surface area contributed by atoms with Gasteiger partial charge < -0.3 is 38.5 Å². The van der Waals surface area contributed by atoms with E-state index < -0.39 is 29.7 Å². The number of halogens is 1. The van der Waals surface area contributed by atoms with E-state index in [9.17, 15) is 19.2 Å². The summed E-state index contributed by atoms with van der Waals surface area (Å²) in [5.41, 5.74) is 0.929. The van der Waals surface area contributed by atoms with Gasteiger partial charge in [-0.2, -0.15) is 0 Å². The molecule has 14 nitrogen and oxygen atoms in total. The summed E-state index contributed by atoms with van der Waals surface area (Å²) in [4.78, 5) is 50.8. The summed E-state index contributed by atoms with van der Waals surface area (Å²) in [5.74, 6) is -2.14. The summed E-state index contributed by atoms with van der Waals surface area (Å²) in [6.07, 6.45) is 5.10. The molecule has 15 heteroatoms. The fourth-order valence-corrected chi connectivity index (χ4v) is 5.53. The molecule has 1 saturated heterocycles. The van der Waals surface area contributed by atoms with Gasteiger partial charge in [-0.3, -0.25) is 29.4 Å². The van der Waals surface area contributed by atoms with E-state index in [1.54, 1.807) is 18.2 Å². The zero-order valence-electron chi connectivity index (χ0n) is 27.7. The maximum atomic E-state index is 13.1. The summed E-state index contributed by atoms with van der Waals surface area (Å²) < 4.78 is 39.8. The zero-order valence-corrected chi connectivity index (χ0v) is 29.8. The van der Waals surface area contributed by atoms with Crippen molar-refractivity contribution >= 4 is 51.9 Å². The maximum Gasteiger partial charge on any atom is 0.264 e. The lowest BCUT2D eigenvalue weighted by Gasteiger charge is -2.27. The number of hydrogen-bond acceptors (Lipinski definition) is 12. The van der Waals surface area contributed by atoms with Crippen molar-refractivity contribution in [3.8, 4) is 0 Å². The highest BCUT2D eigenvalue weighted by molar-refractivity contribution is 14.1. The lowest BCUT2D eigenvalue weighted by Crippen LogP contribution is -2.54. The van der Waals surface area contributed by atoms with Gasteiger partial charge in [-0.25, -0.2) is 0 Å². The number of benzene rings is 1. The van der Waals surface area contributed by atoms with E-state index in [4.69, 9.17) is 33.2 Å². The van der Waals surface area contributed by atoms with Crippen LogP contribution in [0.3, 0.4) is 0 Å². The molecular weight excluding hydrogens is 741 g/mol. The summed E-state index contributed by atoms with van der Waals surface area (Å²) in [5, 5.41) is 5.33. The second-order valence-electron chi connectivity index (χ2n) is 11.0. The Hall–Kier alpha value is -2.25. The van der Waals surface area contributed by atoms with Crippen molar-refractivity contribution in [3.05, 3.63) is 29.3 Å². The standard InChI is InChI=1S/C33H50IN3O11/c34-10-3-1-2-4-12-42-14-16-44-18-20-46-22-24-48-25-23-47-21-19-45-17-15-43-13-11-35-27-7-5-6-26-30(27)33(41)37(32(26)40)28-8-9-29(38)36-31(28)39/h5-7,28,35H,1-4,8-25H2,(H,36,38,39). The summed E-state index contributed by atoms with van der Waals surface area (Å²) in [7, 11) is 0. The lowest BCUT2D eigenvalue weighted by molar-refractivity contribution is -0.136. The smallest absolute Gasteiger partial charge is 0.264 e. The fraction of sp³-hybridized carbons (Fsp3) is 0.697. The highest BCUT2D eigenvalue weighted by Gasteiger charge is 2.45. The highest BCUT2D eigenvalue weighted by atomic mass is 127. The number of anilines is 1. The molecule has 4 amide bonds. The molecule has 3 rings (SSSR count). The van der Waals surface area contributed by atoms with Gasteiger partial charge in [0, 0.05) is 25.3 Å². The molecule has 2 heterocycles. The van der Waals surface area contributed by atoms with Gasteiger partial charge in [0.15, 0.2) is 0 Å². The number of nitrogens with zero attached hydrogens (tertiary/aromatic N) is 1. The van der Waals surface area contributed by atoms with Crippen LogP contribution in [-0.2, 0) is 42.7 Å². The van der Waals surface area contributed by atoms with E-state index in [1.165, 1.54) is 23.7 Å². The van der Waals surface area contributed by atoms with E-state index in [-0.39, 0.29) is 24.0 Å². The molecule has 48 heavy (non-hydrogen) atoms. The van der Waals surface area contributed by atoms with Crippen molar-refractivity contribution in [1.29, 1.82) is 0 Å². The predicted octanol–water partition coefficient (Wildman–Crippen LogP) is 2.61. The van der Waals surface area contributed by atoms with Gasteiger partial charge in [0.25, 0.3) is 11.8 Å². The summed E-state index contributed by atoms with van der Waals surface area (Å²) >= 11 is 2.41. The number of alkyl halides is 1. The van der Waals surface area contributed by atoms with Crippen molar-refractivity contribution in [1.82, 2.24) is 10.2 Å². The Morgan fingerprint density at radius 2 is 1.19 bits per heavy atom. The van der Waals surface area contributed by atoms with Crippen molar-refractivity contribution in [3.63, 3.8) is 0 Å². The van der Waals surface area contributed by atoms with E-state index in [0.717, 1.165) is 17.9 Å². The first kappa shape index (κ1) is 40.2. The molecule has 1 unspecified atom stereocenters. The Bertz CT molecular complexity index is 1130. The monoisotopic (exact) mass is 791 g/mol. The van der Waals surface area contributed by atoms with Gasteiger partial charge in [-0.05, 0) is 35.8 Å². The fourth-order valence-electron chi connectivity index (χ4n) is 4.99. The quantitative estimate of drug-likeness (QED) is 0.0530. The first-order valence-electron chi connectivity index (χ1n) is 16.7. The van der Waals surface area contributed by atoms with Gasteiger partial charge in [0.05, 0.1) is 97.0 Å². The average molecular weight is 792 g/mol. The lowest BCUT2D eigenvalue weighted by atomic mass is 10.0. The Morgan fingerprint density at radius 3 is 1.73 bits per heavy atom. The van der Waals surface area contributed by atoms with E-state index in [1.807, 2.05) is 0 Å². The number of carbonyl (C=O) groups is 4. The minimum atomic E-state index is -1.00. The number of carbonyl (C=O) groups excluding carboxylic acids is 4. The van der Waals surface area contributed by atoms with Crippen molar-refractivity contribution < 1.29 is 52.3 Å². The van der Waals surface area contributed by atoms with Crippen LogP contribution in [-0.4, -0.2) is 138 Å². The van der Waals surface area contributed by atoms with Gasteiger partial charge in [0.2, 0.25) is 11.8 Å². The van der Waals surface area contributed by atoms with Crippen LogP contribution >= 0.6 is 22.6 Å². The number of rotatable bonds is 29. The minimum absolute atomic E-state index is 0.0717. The molecule has 0 saturated carbocycles. The number of fused-ring (bicyclic) bond motifs is 1. The Balaban J connectivity index is 1.08. The van der Waals surface area contributed by atoms with Crippen LogP contribution in [0.5, 0.6) is 0 Å². The number of amides is 4. The van der Waals surface area contributed by atoms with Gasteiger partial charge in [-0.1, -0.05) is 41.5 Å². The van der Waals surface area contributed by atoms with Crippen LogP contribution < -0.4 is 10.6 Å². The van der Waals surface area contributed by atoms with Crippen LogP contribution in [0, 0.1) is 0 Å². The normalized spacial score (nSPS) is 16.1. The molecule has 270 valence electrons. The van der Waals surface area contributed by atoms with Crippen molar-refractivity contribution in [2.24, 2.45) is 0 Å². The Labute approximate surface area is 296 Å². The number of piperidine rings is 1. The number of unbranched alkanes of at least 4 members (excludes halogenated alkanes) is 3. The van der Waals surface area contributed by atoms with Crippen molar-refractivity contribution in [2.75, 3.05) is 109 Å². The molecule has 0 radical (unpaired) electrons. The van der Waals surface area contributed by atoms with Crippen LogP contribution in [0.4, 0.5) is 5.69 Å². The van der Waals surface area contributed by atoms with Crippen molar-refractivity contribution in [2.45, 2.75) is 44.6 Å². The first-order valence-corrected chi connectivity index (χ1v) is 18.3. The molecule has 0 bridgehead atoms. The van der Waals surface area contributed by atoms with Gasteiger partial charge in [0.1, 0.15) is 6.04 Å². The van der Waals surface area contributed by atoms with Crippen LogP contribution in [0.15, 0.2) is 18.2 Å². The molecule has 0 aliphatic carbocycles. The third-order valence-corrected chi connectivity index (χ3v) is 8.20. The molecule has 0 aromatic heterocycles. The SMILES string of the molecule is O=C1CCC(N2C(=O)c3cccc(NCCOCCOCCOCCOCCOCCOCCOCCCCCCI)c3C2=O)C(=O)N1. The Kier molecular flexibility index (Phi) is 20.8. The van der Waals surface area contributed by atoms with Crippen LogP contribution in [0.1, 0.15) is 59.2 Å². The first-order chi connectivity index (χ1) is 23.5. The molecule has 1 fully saturated rings. The highest BCUT2D eigenvalue weighted by Crippen LogP contribution is 2.32. The molecular formula is C33H50IN3O11. The molecule has 1 atom stereocenters. The average Bonchev–Trinajstić information content (AvgIpc) is 3.33. The minimum Gasteiger partial charge on any atom is -0.382 e. The van der Waals surface area contributed by atoms with E-state index in [0.29, 0.717) is 98.1 Å². The van der Waals surface area contributed by atoms with Crippen LogP contribution in [0.25, 0.3) is 0 Å². The molecule has 2 N–H and O–H groups in total. The second-order valence-corrected chi connectivity index (χ2v) is 12.1. The maximum absolute atomic E-state index is 13.1. The number of ether oxygens (including phenoxy) is 7. The third kappa shape index (κ3) is 14.7. The zero-order chi connectivity index (χ0) is 34.2. The topological polar surface area (TPSA) is 160 Å². The number of imide groups is 2. The second kappa shape index (κ2) is 24.8. The molecule has 2 aliphatic heterocycles. The number of hydrogen-bond donors (Lipinski definition) is 2. The van der Waals surface area contributed by atoms with E-state index in [2.05, 4.69) is 33.2 Å². The molecule has 2 aliphatic rings. The summed E-state index contributed by atoms with van der Waals surface area (Å²) in [6, 6.07) is 3.93. The van der Waals surface area contributed by atoms with Gasteiger partial charge in [-0.15, -0.1) is 0 Å². The third-order valence-electron chi connectivity index (χ3n) is 7.43. The predicted molar refractivity (Wildman–Crippen MR) is 185 cm³/mol. The molecule has 1 aromatic rings. The van der Waals surface area contributed by atoms with E-state index >= 15 is 0 Å². The molecule has 0 spiro atoms.